The molecule has 0 aromatic heterocycles. The number of rotatable bonds is 8. The fraction of sp³-hybridized carbons (Fsp3) is 0.185. The first-order valence-electron chi connectivity index (χ1n) is 10.3. The maximum Gasteiger partial charge on any atom is 0.124 e. The highest BCUT2D eigenvalue weighted by Gasteiger charge is 2.11. The molecule has 0 amide bonds. The third-order valence-corrected chi connectivity index (χ3v) is 5.34. The lowest BCUT2D eigenvalue weighted by molar-refractivity contribution is 0.174. The van der Waals surface area contributed by atoms with Gasteiger partial charge in [-0.2, -0.15) is 0 Å². The van der Waals surface area contributed by atoms with Gasteiger partial charge < -0.3 is 15.2 Å². The molecule has 0 saturated carbocycles. The lowest BCUT2D eigenvalue weighted by atomic mass is 10.0. The lowest BCUT2D eigenvalue weighted by Crippen LogP contribution is -2.21. The van der Waals surface area contributed by atoms with Crippen LogP contribution in [0.1, 0.15) is 28.4 Å². The van der Waals surface area contributed by atoms with E-state index < -0.39 is 6.10 Å². The number of fused-ring (bicyclic) bond motifs is 1. The van der Waals surface area contributed by atoms with Gasteiger partial charge in [0, 0.05) is 18.7 Å². The number of benzene rings is 4. The van der Waals surface area contributed by atoms with E-state index in [1.807, 2.05) is 42.5 Å². The zero-order valence-corrected chi connectivity index (χ0v) is 18.4. The summed E-state index contributed by atoms with van der Waals surface area (Å²) in [7, 11) is 0. The SMILES string of the molecule is Cc1ccc(COc2ccc3ccccc3c2CNCC(O)c2ccccc2)cc1.Cl. The van der Waals surface area contributed by atoms with Crippen LogP contribution in [0.3, 0.4) is 0 Å². The van der Waals surface area contributed by atoms with Crippen molar-refractivity contribution in [2.24, 2.45) is 0 Å². The Morgan fingerprint density at radius 2 is 1.55 bits per heavy atom. The van der Waals surface area contributed by atoms with Crippen LogP contribution in [-0.2, 0) is 13.2 Å². The first-order chi connectivity index (χ1) is 14.7. The van der Waals surface area contributed by atoms with Crippen LogP contribution < -0.4 is 10.1 Å². The van der Waals surface area contributed by atoms with Gasteiger partial charge in [-0.25, -0.2) is 0 Å². The zero-order chi connectivity index (χ0) is 20.8. The van der Waals surface area contributed by atoms with Gasteiger partial charge in [0.2, 0.25) is 0 Å². The summed E-state index contributed by atoms with van der Waals surface area (Å²) in [4.78, 5) is 0. The number of aliphatic hydroxyl groups is 1. The summed E-state index contributed by atoms with van der Waals surface area (Å²) >= 11 is 0. The monoisotopic (exact) mass is 433 g/mol. The number of hydrogen-bond acceptors (Lipinski definition) is 3. The number of aliphatic hydroxyl groups excluding tert-OH is 1. The van der Waals surface area contributed by atoms with Gasteiger partial charge in [-0.1, -0.05) is 90.5 Å². The second-order valence-electron chi connectivity index (χ2n) is 7.60. The van der Waals surface area contributed by atoms with Crippen molar-refractivity contribution in [1.82, 2.24) is 5.32 Å². The quantitative estimate of drug-likeness (QED) is 0.359. The predicted molar refractivity (Wildman–Crippen MR) is 130 cm³/mol. The van der Waals surface area contributed by atoms with Crippen molar-refractivity contribution in [2.75, 3.05) is 6.54 Å². The highest BCUT2D eigenvalue weighted by molar-refractivity contribution is 5.87. The first-order valence-corrected chi connectivity index (χ1v) is 10.3. The average molecular weight is 434 g/mol. The number of halogens is 1. The van der Waals surface area contributed by atoms with Crippen LogP contribution in [0.4, 0.5) is 0 Å². The van der Waals surface area contributed by atoms with Crippen LogP contribution >= 0.6 is 12.4 Å². The summed E-state index contributed by atoms with van der Waals surface area (Å²) in [6, 6.07) is 30.6. The predicted octanol–water partition coefficient (Wildman–Crippen LogP) is 5.97. The Hall–Kier alpha value is -2.85. The molecule has 4 aromatic rings. The lowest BCUT2D eigenvalue weighted by Gasteiger charge is -2.17. The van der Waals surface area contributed by atoms with Crippen molar-refractivity contribution in [1.29, 1.82) is 0 Å². The van der Waals surface area contributed by atoms with E-state index >= 15 is 0 Å². The Kier molecular flexibility index (Phi) is 8.07. The largest absolute Gasteiger partial charge is 0.489 e. The summed E-state index contributed by atoms with van der Waals surface area (Å²) in [5, 5.41) is 16.2. The first kappa shape index (κ1) is 22.8. The van der Waals surface area contributed by atoms with Crippen molar-refractivity contribution in [3.8, 4) is 5.75 Å². The molecule has 4 aromatic carbocycles. The van der Waals surface area contributed by atoms with Gasteiger partial charge in [0.15, 0.2) is 0 Å². The molecule has 0 fully saturated rings. The molecular weight excluding hydrogens is 406 g/mol. The Balaban J connectivity index is 0.00000272. The van der Waals surface area contributed by atoms with E-state index in [4.69, 9.17) is 4.74 Å². The van der Waals surface area contributed by atoms with Crippen molar-refractivity contribution in [3.63, 3.8) is 0 Å². The van der Waals surface area contributed by atoms with Gasteiger partial charge in [-0.3, -0.25) is 0 Å². The molecule has 0 radical (unpaired) electrons. The zero-order valence-electron chi connectivity index (χ0n) is 17.6. The fourth-order valence-corrected chi connectivity index (χ4v) is 3.61. The smallest absolute Gasteiger partial charge is 0.124 e. The van der Waals surface area contributed by atoms with Crippen molar-refractivity contribution >= 4 is 23.2 Å². The minimum atomic E-state index is -0.543. The number of hydrogen-bond donors (Lipinski definition) is 2. The summed E-state index contributed by atoms with van der Waals surface area (Å²) in [6.07, 6.45) is -0.543. The Labute approximate surface area is 190 Å². The molecule has 31 heavy (non-hydrogen) atoms. The van der Waals surface area contributed by atoms with Gasteiger partial charge in [0.25, 0.3) is 0 Å². The average Bonchev–Trinajstić information content (AvgIpc) is 2.80. The van der Waals surface area contributed by atoms with Crippen LogP contribution in [0.15, 0.2) is 91.0 Å². The minimum absolute atomic E-state index is 0. The Morgan fingerprint density at radius 3 is 2.32 bits per heavy atom. The molecule has 160 valence electrons. The maximum atomic E-state index is 10.5. The summed E-state index contributed by atoms with van der Waals surface area (Å²) < 4.78 is 6.21. The molecule has 3 nitrogen and oxygen atoms in total. The number of ether oxygens (including phenoxy) is 1. The van der Waals surface area contributed by atoms with Gasteiger partial charge in [-0.05, 0) is 34.9 Å². The van der Waals surface area contributed by atoms with Crippen LogP contribution in [-0.4, -0.2) is 11.7 Å². The second-order valence-corrected chi connectivity index (χ2v) is 7.60. The number of aryl methyl sites for hydroxylation is 1. The molecule has 0 bridgehead atoms. The third kappa shape index (κ3) is 5.86. The maximum absolute atomic E-state index is 10.5. The molecule has 4 rings (SSSR count). The highest BCUT2D eigenvalue weighted by Crippen LogP contribution is 2.29. The van der Waals surface area contributed by atoms with E-state index in [-0.39, 0.29) is 12.4 Å². The van der Waals surface area contributed by atoms with E-state index in [2.05, 4.69) is 60.8 Å². The molecule has 2 N–H and O–H groups in total. The van der Waals surface area contributed by atoms with Crippen molar-refractivity contribution in [2.45, 2.75) is 26.2 Å². The van der Waals surface area contributed by atoms with E-state index in [9.17, 15) is 5.11 Å². The van der Waals surface area contributed by atoms with Crippen LogP contribution in [0, 0.1) is 6.92 Å². The highest BCUT2D eigenvalue weighted by atomic mass is 35.5. The molecule has 0 spiro atoms. The summed E-state index contributed by atoms with van der Waals surface area (Å²) in [5.74, 6) is 0.871. The second kappa shape index (κ2) is 11.0. The molecule has 0 aliphatic rings. The molecule has 0 heterocycles. The fourth-order valence-electron chi connectivity index (χ4n) is 3.61. The van der Waals surface area contributed by atoms with Crippen molar-refractivity contribution < 1.29 is 9.84 Å². The normalized spacial score (nSPS) is 11.7. The topological polar surface area (TPSA) is 41.5 Å². The summed E-state index contributed by atoms with van der Waals surface area (Å²) in [5.41, 5.74) is 4.41. The van der Waals surface area contributed by atoms with Gasteiger partial charge in [-0.15, -0.1) is 12.4 Å². The Morgan fingerprint density at radius 1 is 0.839 bits per heavy atom. The molecular formula is C27H28ClNO2. The molecule has 0 saturated heterocycles. The van der Waals surface area contributed by atoms with E-state index in [1.54, 1.807) is 0 Å². The molecule has 1 atom stereocenters. The molecule has 4 heteroatoms. The van der Waals surface area contributed by atoms with Gasteiger partial charge >= 0.3 is 0 Å². The van der Waals surface area contributed by atoms with Gasteiger partial charge in [0.1, 0.15) is 12.4 Å². The summed E-state index contributed by atoms with van der Waals surface area (Å²) in [6.45, 7) is 3.71. The molecule has 1 unspecified atom stereocenters. The van der Waals surface area contributed by atoms with E-state index in [0.29, 0.717) is 19.7 Å². The van der Waals surface area contributed by atoms with Gasteiger partial charge in [0.05, 0.1) is 6.10 Å². The minimum Gasteiger partial charge on any atom is -0.489 e. The number of nitrogens with one attached hydrogen (secondary N) is 1. The standard InChI is InChI=1S/C27H27NO2.ClH/c1-20-11-13-21(14-12-20)19-30-27-16-15-22-7-5-6-10-24(22)25(27)17-28-18-26(29)23-8-3-2-4-9-23;/h2-16,26,28-29H,17-19H2,1H3;1H. The van der Waals surface area contributed by atoms with Crippen LogP contribution in [0.2, 0.25) is 0 Å². The molecule has 0 aliphatic carbocycles. The van der Waals surface area contributed by atoms with Crippen LogP contribution in [0.25, 0.3) is 10.8 Å². The van der Waals surface area contributed by atoms with E-state index in [1.165, 1.54) is 16.3 Å². The van der Waals surface area contributed by atoms with Crippen LogP contribution in [0.5, 0.6) is 5.75 Å². The van der Waals surface area contributed by atoms with Crippen molar-refractivity contribution in [3.05, 3.63) is 113 Å². The molecule has 0 aliphatic heterocycles. The third-order valence-electron chi connectivity index (χ3n) is 5.34. The Bertz CT molecular complexity index is 1100. The van der Waals surface area contributed by atoms with E-state index in [0.717, 1.165) is 22.4 Å².